The number of ether oxygens (including phenoxy) is 2. The maximum Gasteiger partial charge on any atom is 0.124 e. The van der Waals surface area contributed by atoms with E-state index in [-0.39, 0.29) is 0 Å². The first-order valence-corrected chi connectivity index (χ1v) is 10.4. The molecule has 3 rings (SSSR count). The van der Waals surface area contributed by atoms with Gasteiger partial charge >= 0.3 is 0 Å². The minimum Gasteiger partial charge on any atom is -0.497 e. The van der Waals surface area contributed by atoms with Gasteiger partial charge in [-0.1, -0.05) is 53.0 Å². The average molecular weight is 451 g/mol. The molecule has 0 atom stereocenters. The predicted molar refractivity (Wildman–Crippen MR) is 121 cm³/mol. The Kier molecular flexibility index (Phi) is 8.08. The Morgan fingerprint density at radius 1 is 0.828 bits per heavy atom. The van der Waals surface area contributed by atoms with Crippen molar-refractivity contribution in [3.63, 3.8) is 0 Å². The Morgan fingerprint density at radius 2 is 1.59 bits per heavy atom. The molecule has 0 bridgehead atoms. The molecule has 0 spiro atoms. The minimum atomic E-state index is 0.400. The summed E-state index contributed by atoms with van der Waals surface area (Å²) in [4.78, 5) is 0. The molecule has 0 saturated carbocycles. The van der Waals surface area contributed by atoms with Gasteiger partial charge in [0, 0.05) is 17.1 Å². The third-order valence-corrected chi connectivity index (χ3v) is 5.44. The Labute approximate surface area is 186 Å². The van der Waals surface area contributed by atoms with Gasteiger partial charge in [0.25, 0.3) is 0 Å². The molecule has 3 aromatic rings. The summed E-state index contributed by atoms with van der Waals surface area (Å²) < 4.78 is 11.2. The number of halogens is 3. The van der Waals surface area contributed by atoms with Crippen LogP contribution in [-0.2, 0) is 19.6 Å². The number of benzene rings is 3. The highest BCUT2D eigenvalue weighted by molar-refractivity contribution is 6.42. The average Bonchev–Trinajstić information content (AvgIpc) is 2.73. The zero-order valence-corrected chi connectivity index (χ0v) is 18.3. The van der Waals surface area contributed by atoms with Crippen molar-refractivity contribution in [2.75, 3.05) is 13.7 Å². The van der Waals surface area contributed by atoms with Crippen molar-refractivity contribution in [3.8, 4) is 11.5 Å². The van der Waals surface area contributed by atoms with Crippen molar-refractivity contribution in [3.05, 3.63) is 92.4 Å². The van der Waals surface area contributed by atoms with E-state index in [0.29, 0.717) is 28.2 Å². The summed E-state index contributed by atoms with van der Waals surface area (Å²) in [7, 11) is 1.67. The van der Waals surface area contributed by atoms with Crippen LogP contribution in [0.2, 0.25) is 15.1 Å². The van der Waals surface area contributed by atoms with Crippen molar-refractivity contribution in [2.24, 2.45) is 0 Å². The maximum absolute atomic E-state index is 6.18. The summed E-state index contributed by atoms with van der Waals surface area (Å²) in [5, 5.41) is 5.18. The van der Waals surface area contributed by atoms with Gasteiger partial charge in [-0.2, -0.15) is 0 Å². The van der Waals surface area contributed by atoms with Crippen LogP contribution < -0.4 is 14.8 Å². The van der Waals surface area contributed by atoms with E-state index in [9.17, 15) is 0 Å². The monoisotopic (exact) mass is 449 g/mol. The second kappa shape index (κ2) is 10.7. The molecule has 1 N–H and O–H groups in total. The number of hydrogen-bond donors (Lipinski definition) is 1. The molecule has 0 aliphatic rings. The van der Waals surface area contributed by atoms with Gasteiger partial charge in [-0.15, -0.1) is 0 Å². The zero-order chi connectivity index (χ0) is 20.6. The van der Waals surface area contributed by atoms with Crippen LogP contribution in [0.1, 0.15) is 16.7 Å². The normalized spacial score (nSPS) is 10.8. The van der Waals surface area contributed by atoms with Crippen LogP contribution in [0.3, 0.4) is 0 Å². The van der Waals surface area contributed by atoms with Crippen LogP contribution in [0.5, 0.6) is 11.5 Å². The van der Waals surface area contributed by atoms with Gasteiger partial charge in [-0.25, -0.2) is 0 Å². The standard InChI is InChI=1S/C23H22Cl3NO2/c1-28-20-6-2-16(3-7-20)10-11-27-14-18-13-19(24)5-9-23(18)29-15-17-4-8-21(25)22(26)12-17/h2-9,12-13,27H,10-11,14-15H2,1H3. The Balaban J connectivity index is 1.55. The van der Waals surface area contributed by atoms with Crippen molar-refractivity contribution in [1.82, 2.24) is 5.32 Å². The summed E-state index contributed by atoms with van der Waals surface area (Å²) in [6.45, 7) is 1.90. The molecule has 0 radical (unpaired) electrons. The molecule has 0 aliphatic heterocycles. The van der Waals surface area contributed by atoms with E-state index in [2.05, 4.69) is 17.4 Å². The molecular weight excluding hydrogens is 429 g/mol. The van der Waals surface area contributed by atoms with Crippen molar-refractivity contribution in [2.45, 2.75) is 19.6 Å². The van der Waals surface area contributed by atoms with E-state index in [4.69, 9.17) is 44.3 Å². The molecule has 0 aromatic heterocycles. The van der Waals surface area contributed by atoms with Crippen molar-refractivity contribution >= 4 is 34.8 Å². The minimum absolute atomic E-state index is 0.400. The second-order valence-electron chi connectivity index (χ2n) is 6.56. The fourth-order valence-corrected chi connectivity index (χ4v) is 3.38. The molecule has 29 heavy (non-hydrogen) atoms. The Hall–Kier alpha value is -1.91. The number of hydrogen-bond acceptors (Lipinski definition) is 3. The molecule has 0 heterocycles. The summed E-state index contributed by atoms with van der Waals surface area (Å²) in [5.41, 5.74) is 3.21. The molecule has 0 fully saturated rings. The molecule has 3 aromatic carbocycles. The Bertz CT molecular complexity index is 945. The second-order valence-corrected chi connectivity index (χ2v) is 7.81. The van der Waals surface area contributed by atoms with Gasteiger partial charge in [0.2, 0.25) is 0 Å². The largest absolute Gasteiger partial charge is 0.497 e. The zero-order valence-electron chi connectivity index (χ0n) is 16.1. The van der Waals surface area contributed by atoms with Gasteiger partial charge in [0.15, 0.2) is 0 Å². The summed E-state index contributed by atoms with van der Waals surface area (Å²) in [6, 6.07) is 19.2. The first kappa shape index (κ1) is 21.8. The molecule has 0 saturated heterocycles. The third-order valence-electron chi connectivity index (χ3n) is 4.47. The highest BCUT2D eigenvalue weighted by atomic mass is 35.5. The predicted octanol–water partition coefficient (Wildman–Crippen LogP) is 6.57. The van der Waals surface area contributed by atoms with Crippen LogP contribution >= 0.6 is 34.8 Å². The fourth-order valence-electron chi connectivity index (χ4n) is 2.87. The van der Waals surface area contributed by atoms with Crippen LogP contribution in [0.25, 0.3) is 0 Å². The topological polar surface area (TPSA) is 30.5 Å². The maximum atomic E-state index is 6.18. The summed E-state index contributed by atoms with van der Waals surface area (Å²) >= 11 is 18.2. The highest BCUT2D eigenvalue weighted by Crippen LogP contribution is 2.26. The van der Waals surface area contributed by atoms with E-state index in [1.54, 1.807) is 13.2 Å². The quantitative estimate of drug-likeness (QED) is 0.374. The van der Waals surface area contributed by atoms with Gasteiger partial charge in [-0.3, -0.25) is 0 Å². The third kappa shape index (κ3) is 6.55. The fraction of sp³-hybridized carbons (Fsp3) is 0.217. The van der Waals surface area contributed by atoms with Gasteiger partial charge in [0.1, 0.15) is 18.1 Å². The van der Waals surface area contributed by atoms with Gasteiger partial charge < -0.3 is 14.8 Å². The van der Waals surface area contributed by atoms with Crippen LogP contribution in [-0.4, -0.2) is 13.7 Å². The lowest BCUT2D eigenvalue weighted by molar-refractivity contribution is 0.302. The molecule has 0 aliphatic carbocycles. The molecule has 0 amide bonds. The lowest BCUT2D eigenvalue weighted by Crippen LogP contribution is -2.17. The van der Waals surface area contributed by atoms with Crippen molar-refractivity contribution < 1.29 is 9.47 Å². The van der Waals surface area contributed by atoms with Crippen LogP contribution in [0, 0.1) is 0 Å². The number of methoxy groups -OCH3 is 1. The number of rotatable bonds is 9. The first-order valence-electron chi connectivity index (χ1n) is 9.24. The first-order chi connectivity index (χ1) is 14.0. The molecule has 6 heteroatoms. The van der Waals surface area contributed by atoms with Crippen LogP contribution in [0.15, 0.2) is 60.7 Å². The van der Waals surface area contributed by atoms with Gasteiger partial charge in [-0.05, 0) is 66.6 Å². The highest BCUT2D eigenvalue weighted by Gasteiger charge is 2.07. The van der Waals surface area contributed by atoms with Crippen LogP contribution in [0.4, 0.5) is 0 Å². The van der Waals surface area contributed by atoms with E-state index in [1.165, 1.54) is 5.56 Å². The molecule has 3 nitrogen and oxygen atoms in total. The van der Waals surface area contributed by atoms with E-state index < -0.39 is 0 Å². The van der Waals surface area contributed by atoms with E-state index >= 15 is 0 Å². The molecule has 0 unspecified atom stereocenters. The summed E-state index contributed by atoms with van der Waals surface area (Å²) in [5.74, 6) is 1.65. The lowest BCUT2D eigenvalue weighted by Gasteiger charge is -2.13. The van der Waals surface area contributed by atoms with E-state index in [0.717, 1.165) is 35.6 Å². The SMILES string of the molecule is COc1ccc(CCNCc2cc(Cl)ccc2OCc2ccc(Cl)c(Cl)c2)cc1. The van der Waals surface area contributed by atoms with Crippen molar-refractivity contribution in [1.29, 1.82) is 0 Å². The smallest absolute Gasteiger partial charge is 0.124 e. The summed E-state index contributed by atoms with van der Waals surface area (Å²) in [6.07, 6.45) is 0.921. The van der Waals surface area contributed by atoms with Gasteiger partial charge in [0.05, 0.1) is 17.2 Å². The molecule has 152 valence electrons. The lowest BCUT2D eigenvalue weighted by atomic mass is 10.1. The molecular formula is C23H22Cl3NO2. The van der Waals surface area contributed by atoms with E-state index in [1.807, 2.05) is 42.5 Å². The Morgan fingerprint density at radius 3 is 2.31 bits per heavy atom. The number of nitrogens with one attached hydrogen (secondary N) is 1.